The molecule has 1 heterocycles. The van der Waals surface area contributed by atoms with Crippen LogP contribution in [0.2, 0.25) is 0 Å². The summed E-state index contributed by atoms with van der Waals surface area (Å²) >= 11 is 0. The number of nitrogens with zero attached hydrogens (tertiary/aromatic N) is 1. The van der Waals surface area contributed by atoms with Crippen LogP contribution < -0.4 is 10.6 Å². The highest BCUT2D eigenvalue weighted by Gasteiger charge is 2.40. The van der Waals surface area contributed by atoms with Crippen molar-refractivity contribution in [3.05, 3.63) is 35.9 Å². The van der Waals surface area contributed by atoms with Gasteiger partial charge in [-0.2, -0.15) is 0 Å². The van der Waals surface area contributed by atoms with Gasteiger partial charge in [-0.3, -0.25) is 9.59 Å². The summed E-state index contributed by atoms with van der Waals surface area (Å²) in [5.41, 5.74) is 1.23. The molecule has 1 aliphatic carbocycles. The molecule has 1 saturated carbocycles. The van der Waals surface area contributed by atoms with Gasteiger partial charge in [-0.1, -0.05) is 30.3 Å². The fourth-order valence-electron chi connectivity index (χ4n) is 2.85. The van der Waals surface area contributed by atoms with Gasteiger partial charge in [0.2, 0.25) is 0 Å². The first-order chi connectivity index (χ1) is 10.3. The van der Waals surface area contributed by atoms with Crippen molar-refractivity contribution in [3.8, 4) is 0 Å². The molecule has 1 saturated heterocycles. The van der Waals surface area contributed by atoms with Gasteiger partial charge >= 0.3 is 11.8 Å². The van der Waals surface area contributed by atoms with Crippen LogP contribution in [0.4, 0.5) is 0 Å². The second-order valence-electron chi connectivity index (χ2n) is 5.73. The number of hydrogen-bond acceptors (Lipinski definition) is 3. The lowest BCUT2D eigenvalue weighted by atomic mass is 10.1. The Morgan fingerprint density at radius 3 is 2.76 bits per heavy atom. The van der Waals surface area contributed by atoms with Crippen molar-refractivity contribution in [3.63, 3.8) is 0 Å². The van der Waals surface area contributed by atoms with Gasteiger partial charge in [0, 0.05) is 31.6 Å². The zero-order chi connectivity index (χ0) is 14.7. The lowest BCUT2D eigenvalue weighted by Gasteiger charge is -2.19. The normalized spacial score (nSPS) is 25.0. The third-order valence-electron chi connectivity index (χ3n) is 4.16. The summed E-state index contributed by atoms with van der Waals surface area (Å²) < 4.78 is 0. The van der Waals surface area contributed by atoms with E-state index in [2.05, 4.69) is 22.8 Å². The van der Waals surface area contributed by atoms with Crippen LogP contribution >= 0.6 is 0 Å². The van der Waals surface area contributed by atoms with Crippen molar-refractivity contribution in [2.45, 2.75) is 24.8 Å². The quantitative estimate of drug-likeness (QED) is 0.778. The van der Waals surface area contributed by atoms with E-state index in [9.17, 15) is 9.59 Å². The van der Waals surface area contributed by atoms with Crippen molar-refractivity contribution in [2.75, 3.05) is 26.2 Å². The molecule has 2 atom stereocenters. The first kappa shape index (κ1) is 14.1. The third-order valence-corrected chi connectivity index (χ3v) is 4.16. The lowest BCUT2D eigenvalue weighted by molar-refractivity contribution is -0.145. The van der Waals surface area contributed by atoms with E-state index in [4.69, 9.17) is 0 Å². The molecule has 1 aliphatic heterocycles. The molecule has 2 amide bonds. The summed E-state index contributed by atoms with van der Waals surface area (Å²) in [6.07, 6.45) is 1.82. The van der Waals surface area contributed by atoms with Gasteiger partial charge in [0.25, 0.3) is 0 Å². The lowest BCUT2D eigenvalue weighted by Crippen LogP contribution is -2.45. The maximum atomic E-state index is 12.1. The van der Waals surface area contributed by atoms with E-state index >= 15 is 0 Å². The summed E-state index contributed by atoms with van der Waals surface area (Å²) in [6, 6.07) is 10.2. The van der Waals surface area contributed by atoms with Crippen LogP contribution in [0.1, 0.15) is 24.3 Å². The smallest absolute Gasteiger partial charge is 0.311 e. The predicted molar refractivity (Wildman–Crippen MR) is 79.8 cm³/mol. The van der Waals surface area contributed by atoms with E-state index in [0.29, 0.717) is 19.0 Å². The maximum Gasteiger partial charge on any atom is 0.311 e. The van der Waals surface area contributed by atoms with Crippen LogP contribution in [0.3, 0.4) is 0 Å². The second-order valence-corrected chi connectivity index (χ2v) is 5.73. The van der Waals surface area contributed by atoms with E-state index in [1.54, 1.807) is 4.90 Å². The highest BCUT2D eigenvalue weighted by molar-refractivity contribution is 6.35. The molecule has 5 heteroatoms. The molecule has 5 nitrogen and oxygen atoms in total. The number of carbonyl (C=O) groups excluding carboxylic acids is 2. The van der Waals surface area contributed by atoms with Crippen LogP contribution in [0.15, 0.2) is 30.3 Å². The van der Waals surface area contributed by atoms with E-state index in [1.165, 1.54) is 5.56 Å². The molecule has 112 valence electrons. The van der Waals surface area contributed by atoms with Gasteiger partial charge in [0.1, 0.15) is 0 Å². The molecule has 0 spiro atoms. The predicted octanol–water partition coefficient (Wildman–Crippen LogP) is 0.481. The standard InChI is InChI=1S/C16H21N3O2/c20-15(16(21)19-9-4-7-17-8-10-19)18-14-11-13(14)12-5-2-1-3-6-12/h1-3,5-6,13-14,17H,4,7-11H2,(H,18,20). The Morgan fingerprint density at radius 2 is 1.95 bits per heavy atom. The van der Waals surface area contributed by atoms with Crippen molar-refractivity contribution in [2.24, 2.45) is 0 Å². The topological polar surface area (TPSA) is 61.4 Å². The molecule has 2 unspecified atom stereocenters. The Balaban J connectivity index is 1.52. The average molecular weight is 287 g/mol. The van der Waals surface area contributed by atoms with E-state index in [0.717, 1.165) is 25.9 Å². The van der Waals surface area contributed by atoms with Crippen LogP contribution in [-0.2, 0) is 9.59 Å². The summed E-state index contributed by atoms with van der Waals surface area (Å²) in [7, 11) is 0. The molecule has 2 aliphatic rings. The molecule has 1 aromatic carbocycles. The molecule has 0 aromatic heterocycles. The zero-order valence-electron chi connectivity index (χ0n) is 12.0. The fourth-order valence-corrected chi connectivity index (χ4v) is 2.85. The Kier molecular flexibility index (Phi) is 4.20. The summed E-state index contributed by atoms with van der Waals surface area (Å²) in [6.45, 7) is 2.93. The number of benzene rings is 1. The second kappa shape index (κ2) is 6.26. The van der Waals surface area contributed by atoms with Crippen molar-refractivity contribution >= 4 is 11.8 Å². The Labute approximate surface area is 124 Å². The number of amides is 2. The third kappa shape index (κ3) is 3.42. The van der Waals surface area contributed by atoms with Gasteiger partial charge in [0.15, 0.2) is 0 Å². The van der Waals surface area contributed by atoms with Gasteiger partial charge in [0.05, 0.1) is 0 Å². The Hall–Kier alpha value is -1.88. The van der Waals surface area contributed by atoms with Crippen LogP contribution in [0, 0.1) is 0 Å². The largest absolute Gasteiger partial charge is 0.344 e. The van der Waals surface area contributed by atoms with E-state index in [1.807, 2.05) is 18.2 Å². The van der Waals surface area contributed by atoms with E-state index in [-0.39, 0.29) is 6.04 Å². The minimum absolute atomic E-state index is 0.106. The zero-order valence-corrected chi connectivity index (χ0v) is 12.0. The summed E-state index contributed by atoms with van der Waals surface area (Å²) in [5, 5.41) is 6.10. The molecule has 0 bridgehead atoms. The molecular formula is C16H21N3O2. The maximum absolute atomic E-state index is 12.1. The summed E-state index contributed by atoms with van der Waals surface area (Å²) in [4.78, 5) is 25.9. The number of nitrogens with one attached hydrogen (secondary N) is 2. The molecular weight excluding hydrogens is 266 g/mol. The fraction of sp³-hybridized carbons (Fsp3) is 0.500. The molecule has 1 aromatic rings. The molecule has 0 radical (unpaired) electrons. The van der Waals surface area contributed by atoms with Gasteiger partial charge in [-0.05, 0) is 24.9 Å². The highest BCUT2D eigenvalue weighted by Crippen LogP contribution is 2.40. The molecule has 2 fully saturated rings. The number of carbonyl (C=O) groups is 2. The summed E-state index contributed by atoms with van der Waals surface area (Å²) in [5.74, 6) is -0.494. The van der Waals surface area contributed by atoms with Crippen molar-refractivity contribution in [1.29, 1.82) is 0 Å². The van der Waals surface area contributed by atoms with Gasteiger partial charge < -0.3 is 15.5 Å². The number of hydrogen-bond donors (Lipinski definition) is 2. The van der Waals surface area contributed by atoms with Gasteiger partial charge in [-0.15, -0.1) is 0 Å². The van der Waals surface area contributed by atoms with Gasteiger partial charge in [-0.25, -0.2) is 0 Å². The van der Waals surface area contributed by atoms with Crippen LogP contribution in [0.25, 0.3) is 0 Å². The monoisotopic (exact) mass is 287 g/mol. The molecule has 2 N–H and O–H groups in total. The SMILES string of the molecule is O=C(NC1CC1c1ccccc1)C(=O)N1CCCNCC1. The van der Waals surface area contributed by atoms with Crippen LogP contribution in [-0.4, -0.2) is 48.9 Å². The number of rotatable bonds is 2. The Bertz CT molecular complexity index is 510. The van der Waals surface area contributed by atoms with Crippen molar-refractivity contribution in [1.82, 2.24) is 15.5 Å². The first-order valence-electron chi connectivity index (χ1n) is 7.61. The Morgan fingerprint density at radius 1 is 1.14 bits per heavy atom. The molecule has 21 heavy (non-hydrogen) atoms. The van der Waals surface area contributed by atoms with E-state index < -0.39 is 11.8 Å². The average Bonchev–Trinajstić information content (AvgIpc) is 3.30. The minimum atomic E-state index is -0.458. The molecule has 3 rings (SSSR count). The highest BCUT2D eigenvalue weighted by atomic mass is 16.2. The first-order valence-corrected chi connectivity index (χ1v) is 7.61. The van der Waals surface area contributed by atoms with Crippen molar-refractivity contribution < 1.29 is 9.59 Å². The van der Waals surface area contributed by atoms with Crippen LogP contribution in [0.5, 0.6) is 0 Å². The minimum Gasteiger partial charge on any atom is -0.344 e.